The summed E-state index contributed by atoms with van der Waals surface area (Å²) in [6.45, 7) is 1.85. The van der Waals surface area contributed by atoms with Gasteiger partial charge < -0.3 is 14.6 Å². The quantitative estimate of drug-likeness (QED) is 0.793. The van der Waals surface area contributed by atoms with Crippen LogP contribution in [0.15, 0.2) is 24.3 Å². The van der Waals surface area contributed by atoms with Crippen molar-refractivity contribution in [3.05, 3.63) is 29.8 Å². The first-order valence-corrected chi connectivity index (χ1v) is 6.23. The van der Waals surface area contributed by atoms with Gasteiger partial charge in [0, 0.05) is 0 Å². The van der Waals surface area contributed by atoms with Crippen molar-refractivity contribution in [1.82, 2.24) is 0 Å². The van der Waals surface area contributed by atoms with Gasteiger partial charge in [-0.2, -0.15) is 0 Å². The molecule has 0 spiro atoms. The topological polar surface area (TPSA) is 72.8 Å². The second-order valence-electron chi connectivity index (χ2n) is 4.45. The van der Waals surface area contributed by atoms with Crippen molar-refractivity contribution in [2.24, 2.45) is 5.92 Å². The van der Waals surface area contributed by atoms with Gasteiger partial charge in [0.05, 0.1) is 12.5 Å². The second-order valence-corrected chi connectivity index (χ2v) is 4.45. The largest absolute Gasteiger partial charge is 0.482 e. The zero-order chi connectivity index (χ0) is 13.8. The van der Waals surface area contributed by atoms with E-state index in [1.54, 1.807) is 19.1 Å². The van der Waals surface area contributed by atoms with E-state index in [9.17, 15) is 9.59 Å². The average Bonchev–Trinajstić information content (AvgIpc) is 3.17. The van der Waals surface area contributed by atoms with Crippen LogP contribution in [0.2, 0.25) is 0 Å². The van der Waals surface area contributed by atoms with Gasteiger partial charge in [-0.1, -0.05) is 12.1 Å². The van der Waals surface area contributed by atoms with Crippen LogP contribution in [-0.2, 0) is 14.3 Å². The highest BCUT2D eigenvalue weighted by atomic mass is 16.5. The van der Waals surface area contributed by atoms with Crippen molar-refractivity contribution in [3.63, 3.8) is 0 Å². The van der Waals surface area contributed by atoms with Gasteiger partial charge in [-0.3, -0.25) is 4.79 Å². The summed E-state index contributed by atoms with van der Waals surface area (Å²) in [4.78, 5) is 21.9. The van der Waals surface area contributed by atoms with E-state index >= 15 is 0 Å². The fourth-order valence-corrected chi connectivity index (χ4v) is 2.03. The van der Waals surface area contributed by atoms with E-state index in [0.717, 1.165) is 12.0 Å². The van der Waals surface area contributed by atoms with E-state index in [1.165, 1.54) is 0 Å². The van der Waals surface area contributed by atoms with Crippen LogP contribution in [0.5, 0.6) is 5.75 Å². The van der Waals surface area contributed by atoms with E-state index in [0.29, 0.717) is 12.4 Å². The first-order chi connectivity index (χ1) is 9.11. The molecule has 2 rings (SSSR count). The highest BCUT2D eigenvalue weighted by Crippen LogP contribution is 2.48. The van der Waals surface area contributed by atoms with Crippen LogP contribution in [-0.4, -0.2) is 30.3 Å². The number of hydrogen-bond acceptors (Lipinski definition) is 4. The van der Waals surface area contributed by atoms with Crippen LogP contribution in [0.25, 0.3) is 0 Å². The smallest absolute Gasteiger partial charge is 0.341 e. The van der Waals surface area contributed by atoms with E-state index in [1.807, 2.05) is 12.1 Å². The fraction of sp³-hybridized carbons (Fsp3) is 0.429. The molecule has 1 aliphatic rings. The third-order valence-corrected chi connectivity index (χ3v) is 3.05. The maximum absolute atomic E-state index is 11.5. The fourth-order valence-electron chi connectivity index (χ4n) is 2.03. The number of ether oxygens (including phenoxy) is 2. The van der Waals surface area contributed by atoms with E-state index in [-0.39, 0.29) is 24.4 Å². The van der Waals surface area contributed by atoms with E-state index in [2.05, 4.69) is 0 Å². The Hall–Kier alpha value is -2.04. The Morgan fingerprint density at radius 1 is 1.32 bits per heavy atom. The molecular weight excluding hydrogens is 248 g/mol. The Kier molecular flexibility index (Phi) is 4.04. The number of rotatable bonds is 6. The van der Waals surface area contributed by atoms with Crippen LogP contribution in [0.4, 0.5) is 0 Å². The molecule has 0 radical (unpaired) electrons. The Morgan fingerprint density at radius 2 is 2.00 bits per heavy atom. The lowest BCUT2D eigenvalue weighted by molar-refractivity contribution is -0.144. The molecule has 102 valence electrons. The predicted octanol–water partition coefficient (Wildman–Crippen LogP) is 1.82. The standard InChI is InChI=1S/C14H16O5/c1-2-18-14(17)12-7-11(12)9-3-5-10(6-4-9)19-8-13(15)16/h3-6,11-12H,2,7-8H2,1H3,(H,15,16)/t11-,12+/m1/s1. The number of carbonyl (C=O) groups is 2. The number of hydrogen-bond donors (Lipinski definition) is 1. The molecule has 0 bridgehead atoms. The molecule has 2 atom stereocenters. The molecule has 1 saturated carbocycles. The Labute approximate surface area is 111 Å². The van der Waals surface area contributed by atoms with E-state index in [4.69, 9.17) is 14.6 Å². The van der Waals surface area contributed by atoms with Crippen molar-refractivity contribution >= 4 is 11.9 Å². The third kappa shape index (κ3) is 3.47. The summed E-state index contributed by atoms with van der Waals surface area (Å²) in [5.74, 6) is -0.454. The molecule has 0 amide bonds. The highest BCUT2D eigenvalue weighted by molar-refractivity contribution is 5.77. The minimum atomic E-state index is -1.01. The van der Waals surface area contributed by atoms with Crippen molar-refractivity contribution in [2.75, 3.05) is 13.2 Å². The summed E-state index contributed by atoms with van der Waals surface area (Å²) in [6.07, 6.45) is 0.814. The molecule has 1 N–H and O–H groups in total. The summed E-state index contributed by atoms with van der Waals surface area (Å²) in [7, 11) is 0. The number of benzene rings is 1. The summed E-state index contributed by atoms with van der Waals surface area (Å²) >= 11 is 0. The summed E-state index contributed by atoms with van der Waals surface area (Å²) in [5.41, 5.74) is 1.06. The first-order valence-electron chi connectivity index (χ1n) is 6.23. The first kappa shape index (κ1) is 13.4. The predicted molar refractivity (Wildman–Crippen MR) is 67.1 cm³/mol. The zero-order valence-corrected chi connectivity index (χ0v) is 10.7. The van der Waals surface area contributed by atoms with Gasteiger partial charge in [0.1, 0.15) is 5.75 Å². The SMILES string of the molecule is CCOC(=O)[C@H]1C[C@@H]1c1ccc(OCC(=O)O)cc1. The van der Waals surface area contributed by atoms with Crippen molar-refractivity contribution in [1.29, 1.82) is 0 Å². The Bertz CT molecular complexity index is 465. The molecule has 0 aliphatic heterocycles. The van der Waals surface area contributed by atoms with Gasteiger partial charge in [0.2, 0.25) is 0 Å². The lowest BCUT2D eigenvalue weighted by Crippen LogP contribution is -2.09. The van der Waals surface area contributed by atoms with Crippen molar-refractivity contribution in [3.8, 4) is 5.75 Å². The number of carboxylic acid groups (broad SMARTS) is 1. The normalized spacial score (nSPS) is 20.7. The third-order valence-electron chi connectivity index (χ3n) is 3.05. The monoisotopic (exact) mass is 264 g/mol. The van der Waals surface area contributed by atoms with Gasteiger partial charge in [-0.15, -0.1) is 0 Å². The minimum Gasteiger partial charge on any atom is -0.482 e. The second kappa shape index (κ2) is 5.73. The van der Waals surface area contributed by atoms with Crippen LogP contribution in [0, 0.1) is 5.92 Å². The average molecular weight is 264 g/mol. The molecule has 1 aliphatic carbocycles. The van der Waals surface area contributed by atoms with Crippen LogP contribution in [0.3, 0.4) is 0 Å². The highest BCUT2D eigenvalue weighted by Gasteiger charge is 2.45. The lowest BCUT2D eigenvalue weighted by atomic mass is 10.1. The number of carbonyl (C=O) groups excluding carboxylic acids is 1. The lowest BCUT2D eigenvalue weighted by Gasteiger charge is -2.05. The van der Waals surface area contributed by atoms with Crippen LogP contribution in [0.1, 0.15) is 24.8 Å². The molecule has 5 nitrogen and oxygen atoms in total. The summed E-state index contributed by atoms with van der Waals surface area (Å²) in [5, 5.41) is 8.50. The Balaban J connectivity index is 1.90. The summed E-state index contributed by atoms with van der Waals surface area (Å²) < 4.78 is 10.0. The van der Waals surface area contributed by atoms with Gasteiger partial charge in [-0.25, -0.2) is 4.79 Å². The molecule has 5 heteroatoms. The molecule has 0 unspecified atom stereocenters. The van der Waals surface area contributed by atoms with Gasteiger partial charge >= 0.3 is 11.9 Å². The van der Waals surface area contributed by atoms with Crippen LogP contribution >= 0.6 is 0 Å². The molecule has 1 fully saturated rings. The molecule has 1 aromatic carbocycles. The summed E-state index contributed by atoms with van der Waals surface area (Å²) in [6, 6.07) is 7.17. The molecule has 1 aromatic rings. The molecule has 0 aromatic heterocycles. The number of esters is 1. The number of aliphatic carboxylic acids is 1. The van der Waals surface area contributed by atoms with Crippen molar-refractivity contribution < 1.29 is 24.2 Å². The number of carboxylic acids is 1. The van der Waals surface area contributed by atoms with E-state index < -0.39 is 5.97 Å². The maximum Gasteiger partial charge on any atom is 0.341 e. The van der Waals surface area contributed by atoms with Crippen molar-refractivity contribution in [2.45, 2.75) is 19.3 Å². The molecule has 0 saturated heterocycles. The molecular formula is C14H16O5. The Morgan fingerprint density at radius 3 is 2.58 bits per heavy atom. The minimum absolute atomic E-state index is 0.0364. The van der Waals surface area contributed by atoms with Gasteiger partial charge in [0.15, 0.2) is 6.61 Å². The maximum atomic E-state index is 11.5. The van der Waals surface area contributed by atoms with Crippen LogP contribution < -0.4 is 4.74 Å². The van der Waals surface area contributed by atoms with Gasteiger partial charge in [0.25, 0.3) is 0 Å². The molecule has 19 heavy (non-hydrogen) atoms. The van der Waals surface area contributed by atoms with Gasteiger partial charge in [-0.05, 0) is 37.0 Å². The molecule has 0 heterocycles. The zero-order valence-electron chi connectivity index (χ0n) is 10.7.